The molecule has 1 fully saturated rings. The van der Waals surface area contributed by atoms with Crippen LogP contribution in [0.2, 0.25) is 0 Å². The fourth-order valence-corrected chi connectivity index (χ4v) is 4.89. The van der Waals surface area contributed by atoms with Crippen molar-refractivity contribution in [2.24, 2.45) is 13.0 Å². The van der Waals surface area contributed by atoms with Crippen LogP contribution in [0.25, 0.3) is 0 Å². The van der Waals surface area contributed by atoms with Gasteiger partial charge in [0.1, 0.15) is 17.8 Å². The third-order valence-corrected chi connectivity index (χ3v) is 6.61. The van der Waals surface area contributed by atoms with Gasteiger partial charge in [0.25, 0.3) is 5.91 Å². The first-order chi connectivity index (χ1) is 15.7. The molecular formula is C24H28N6O3. The van der Waals surface area contributed by atoms with E-state index in [1.54, 1.807) is 24.9 Å². The van der Waals surface area contributed by atoms with E-state index in [0.717, 1.165) is 11.3 Å². The summed E-state index contributed by atoms with van der Waals surface area (Å²) < 4.78 is 1.67. The van der Waals surface area contributed by atoms with Crippen LogP contribution in [0.1, 0.15) is 42.7 Å². The number of rotatable bonds is 5. The lowest BCUT2D eigenvalue weighted by molar-refractivity contribution is -0.136. The molecule has 33 heavy (non-hydrogen) atoms. The van der Waals surface area contributed by atoms with Crippen molar-refractivity contribution in [3.8, 4) is 6.07 Å². The maximum Gasteiger partial charge on any atom is 0.274 e. The molecule has 3 amide bonds. The lowest BCUT2D eigenvalue weighted by Crippen LogP contribution is -2.52. The van der Waals surface area contributed by atoms with Gasteiger partial charge in [0.2, 0.25) is 11.8 Å². The average Bonchev–Trinajstić information content (AvgIpc) is 3.47. The van der Waals surface area contributed by atoms with Crippen LogP contribution in [0.15, 0.2) is 36.8 Å². The van der Waals surface area contributed by atoms with Crippen LogP contribution in [0.3, 0.4) is 0 Å². The van der Waals surface area contributed by atoms with Gasteiger partial charge >= 0.3 is 0 Å². The zero-order chi connectivity index (χ0) is 23.9. The van der Waals surface area contributed by atoms with Crippen LogP contribution < -0.4 is 5.32 Å². The van der Waals surface area contributed by atoms with Crippen LogP contribution in [0.4, 0.5) is 5.69 Å². The van der Waals surface area contributed by atoms with E-state index in [1.165, 1.54) is 16.1 Å². The Kier molecular flexibility index (Phi) is 5.70. The molecule has 0 aliphatic carbocycles. The Hall–Kier alpha value is -3.67. The predicted molar refractivity (Wildman–Crippen MR) is 121 cm³/mol. The maximum atomic E-state index is 13.8. The molecule has 4 rings (SSSR count). The van der Waals surface area contributed by atoms with E-state index >= 15 is 0 Å². The Morgan fingerprint density at radius 3 is 2.73 bits per heavy atom. The quantitative estimate of drug-likeness (QED) is 0.751. The summed E-state index contributed by atoms with van der Waals surface area (Å²) in [5, 5.41) is 12.8. The second-order valence-electron chi connectivity index (χ2n) is 9.38. The lowest BCUT2D eigenvalue weighted by Gasteiger charge is -2.33. The minimum absolute atomic E-state index is 0.104. The molecule has 1 spiro atoms. The Labute approximate surface area is 193 Å². The molecule has 3 atom stereocenters. The summed E-state index contributed by atoms with van der Waals surface area (Å²) in [6.45, 7) is 4.06. The van der Waals surface area contributed by atoms with Crippen molar-refractivity contribution in [2.45, 2.75) is 44.2 Å². The van der Waals surface area contributed by atoms with Crippen molar-refractivity contribution < 1.29 is 14.4 Å². The molecule has 0 saturated carbocycles. The highest BCUT2D eigenvalue weighted by molar-refractivity contribution is 6.07. The largest absolute Gasteiger partial charge is 0.340 e. The van der Waals surface area contributed by atoms with E-state index in [4.69, 9.17) is 0 Å². The Morgan fingerprint density at radius 2 is 2.09 bits per heavy atom. The van der Waals surface area contributed by atoms with Crippen molar-refractivity contribution >= 4 is 23.4 Å². The topological polar surface area (TPSA) is 111 Å². The fourth-order valence-electron chi connectivity index (χ4n) is 4.89. The summed E-state index contributed by atoms with van der Waals surface area (Å²) in [6.07, 6.45) is 3.80. The number of carbonyl (C=O) groups excluding carboxylic acids is 3. The molecule has 2 aliphatic heterocycles. The van der Waals surface area contributed by atoms with E-state index < -0.39 is 17.5 Å². The standard InChI is InChI=1S/C24H28N6O3/c1-15(2)9-20(29(4)21(31)19-12-28(3)14-26-19)22(32)30-13-24(10-16(30)11-25)17-7-5-6-8-18(17)27-23(24)33/h5-8,12,14-16,20H,9-10,13H2,1-4H3,(H,27,33)/t16-,20-,24-/m0/s1. The molecule has 0 bridgehead atoms. The van der Waals surface area contributed by atoms with Crippen LogP contribution in [0, 0.1) is 17.2 Å². The zero-order valence-corrected chi connectivity index (χ0v) is 19.3. The second-order valence-corrected chi connectivity index (χ2v) is 9.38. The van der Waals surface area contributed by atoms with Gasteiger partial charge in [-0.1, -0.05) is 32.0 Å². The highest BCUT2D eigenvalue weighted by Crippen LogP contribution is 2.46. The fraction of sp³-hybridized carbons (Fsp3) is 0.458. The first-order valence-electron chi connectivity index (χ1n) is 11.0. The van der Waals surface area contributed by atoms with Gasteiger partial charge in [-0.15, -0.1) is 0 Å². The Bertz CT molecular complexity index is 1150. The van der Waals surface area contributed by atoms with Gasteiger partial charge in [-0.3, -0.25) is 14.4 Å². The van der Waals surface area contributed by atoms with Gasteiger partial charge in [0, 0.05) is 38.9 Å². The number of aromatic nitrogens is 2. The highest BCUT2D eigenvalue weighted by atomic mass is 16.2. The number of likely N-dealkylation sites (tertiary alicyclic amines) is 1. The molecule has 0 unspecified atom stereocenters. The molecule has 2 aliphatic rings. The Balaban J connectivity index is 1.65. The molecule has 0 radical (unpaired) electrons. The maximum absolute atomic E-state index is 13.8. The van der Waals surface area contributed by atoms with Crippen molar-refractivity contribution in [1.29, 1.82) is 5.26 Å². The molecule has 2 aromatic rings. The van der Waals surface area contributed by atoms with E-state index in [1.807, 2.05) is 38.1 Å². The minimum Gasteiger partial charge on any atom is -0.340 e. The van der Waals surface area contributed by atoms with Gasteiger partial charge < -0.3 is 19.7 Å². The zero-order valence-electron chi connectivity index (χ0n) is 19.3. The average molecular weight is 449 g/mol. The number of nitrogens with zero attached hydrogens (tertiary/aromatic N) is 5. The first-order valence-corrected chi connectivity index (χ1v) is 11.0. The van der Waals surface area contributed by atoms with Crippen molar-refractivity contribution in [1.82, 2.24) is 19.4 Å². The van der Waals surface area contributed by atoms with E-state index in [0.29, 0.717) is 6.42 Å². The van der Waals surface area contributed by atoms with E-state index in [9.17, 15) is 19.6 Å². The normalized spacial score (nSPS) is 22.2. The number of hydrogen-bond donors (Lipinski definition) is 1. The van der Waals surface area contributed by atoms with Gasteiger partial charge in [0.05, 0.1) is 17.8 Å². The monoisotopic (exact) mass is 448 g/mol. The molecule has 1 aromatic carbocycles. The summed E-state index contributed by atoms with van der Waals surface area (Å²) in [5.41, 5.74) is 0.817. The number of para-hydroxylation sites is 1. The van der Waals surface area contributed by atoms with Gasteiger partial charge in [0.15, 0.2) is 0 Å². The molecule has 9 nitrogen and oxygen atoms in total. The van der Waals surface area contributed by atoms with Crippen LogP contribution in [-0.2, 0) is 22.1 Å². The molecule has 172 valence electrons. The number of amides is 3. The summed E-state index contributed by atoms with van der Waals surface area (Å²) in [5.74, 6) is -0.750. The van der Waals surface area contributed by atoms with E-state index in [2.05, 4.69) is 16.4 Å². The molecule has 1 aromatic heterocycles. The smallest absolute Gasteiger partial charge is 0.274 e. The number of anilines is 1. The number of fused-ring (bicyclic) bond motifs is 2. The third kappa shape index (κ3) is 3.75. The minimum atomic E-state index is -0.960. The van der Waals surface area contributed by atoms with Crippen LogP contribution in [-0.4, -0.2) is 62.7 Å². The number of hydrogen-bond acceptors (Lipinski definition) is 5. The SMILES string of the molecule is CC(C)C[C@@H](C(=O)N1C[C@]2(C[C@H]1C#N)C(=O)Nc1ccccc12)N(C)C(=O)c1cn(C)cn1. The first kappa shape index (κ1) is 22.5. The summed E-state index contributed by atoms with van der Waals surface area (Å²) in [4.78, 5) is 46.9. The summed E-state index contributed by atoms with van der Waals surface area (Å²) in [6, 6.07) is 8.08. The summed E-state index contributed by atoms with van der Waals surface area (Å²) >= 11 is 0. The Morgan fingerprint density at radius 1 is 1.36 bits per heavy atom. The highest BCUT2D eigenvalue weighted by Gasteiger charge is 2.56. The molecule has 9 heteroatoms. The number of benzene rings is 1. The molecule has 3 heterocycles. The molecular weight excluding hydrogens is 420 g/mol. The predicted octanol–water partition coefficient (Wildman–Crippen LogP) is 1.92. The van der Waals surface area contributed by atoms with Crippen LogP contribution >= 0.6 is 0 Å². The number of nitrogens with one attached hydrogen (secondary N) is 1. The number of aryl methyl sites for hydroxylation is 1. The van der Waals surface area contributed by atoms with Gasteiger partial charge in [-0.25, -0.2) is 4.98 Å². The number of carbonyl (C=O) groups is 3. The van der Waals surface area contributed by atoms with Crippen molar-refractivity contribution in [3.63, 3.8) is 0 Å². The van der Waals surface area contributed by atoms with Gasteiger partial charge in [-0.2, -0.15) is 5.26 Å². The van der Waals surface area contributed by atoms with E-state index in [-0.39, 0.29) is 42.3 Å². The molecule has 1 N–H and O–H groups in total. The van der Waals surface area contributed by atoms with Crippen molar-refractivity contribution in [2.75, 3.05) is 18.9 Å². The van der Waals surface area contributed by atoms with Crippen molar-refractivity contribution in [3.05, 3.63) is 48.0 Å². The third-order valence-electron chi connectivity index (χ3n) is 6.61. The number of likely N-dealkylation sites (N-methyl/N-ethyl adjacent to an activating group) is 1. The summed E-state index contributed by atoms with van der Waals surface area (Å²) in [7, 11) is 3.36. The lowest BCUT2D eigenvalue weighted by atomic mass is 9.80. The second kappa shape index (κ2) is 8.35. The van der Waals surface area contributed by atoms with Crippen LogP contribution in [0.5, 0.6) is 0 Å². The van der Waals surface area contributed by atoms with Gasteiger partial charge in [-0.05, 0) is 24.0 Å². The number of nitriles is 1. The number of imidazole rings is 1. The molecule has 1 saturated heterocycles.